The fraction of sp³-hybridized carbons (Fsp3) is 0.176. The van der Waals surface area contributed by atoms with Crippen LogP contribution in [0.5, 0.6) is 0 Å². The number of allylic oxidation sites excluding steroid dienone is 3. The van der Waals surface area contributed by atoms with Gasteiger partial charge in [-0.25, -0.2) is 4.79 Å². The molecule has 4 nitrogen and oxygen atoms in total. The van der Waals surface area contributed by atoms with Crippen LogP contribution in [0.3, 0.4) is 0 Å². The van der Waals surface area contributed by atoms with Gasteiger partial charge in [-0.05, 0) is 18.6 Å². The van der Waals surface area contributed by atoms with Crippen molar-refractivity contribution in [2.24, 2.45) is 0 Å². The van der Waals surface area contributed by atoms with Crippen LogP contribution >= 0.6 is 0 Å². The summed E-state index contributed by atoms with van der Waals surface area (Å²) in [6.07, 6.45) is 1.44. The zero-order chi connectivity index (χ0) is 17.2. The Hall–Kier alpha value is -2.83. The van der Waals surface area contributed by atoms with E-state index in [4.69, 9.17) is 9.26 Å². The number of nitrogens with zero attached hydrogens (tertiary/aromatic N) is 1. The Morgan fingerprint density at radius 1 is 1.25 bits per heavy atom. The molecule has 0 spiro atoms. The highest BCUT2D eigenvalue weighted by Gasteiger charge is 2.30. The summed E-state index contributed by atoms with van der Waals surface area (Å²) in [4.78, 5) is 11.7. The van der Waals surface area contributed by atoms with E-state index in [0.717, 1.165) is 12.1 Å². The summed E-state index contributed by atoms with van der Waals surface area (Å²) in [6, 6.07) is 6.10. The van der Waals surface area contributed by atoms with Gasteiger partial charge >= 0.3 is 12.1 Å². The molecule has 2 aromatic rings. The first-order chi connectivity index (χ1) is 11.4. The van der Waals surface area contributed by atoms with Crippen LogP contribution in [0, 0.1) is 0 Å². The Morgan fingerprint density at radius 3 is 2.62 bits per heavy atom. The van der Waals surface area contributed by atoms with Gasteiger partial charge in [0, 0.05) is 17.2 Å². The van der Waals surface area contributed by atoms with Crippen molar-refractivity contribution < 1.29 is 27.2 Å². The Morgan fingerprint density at radius 2 is 2.00 bits per heavy atom. The average molecular weight is 335 g/mol. The minimum Gasteiger partial charge on any atom is -0.454 e. The number of alkyl halides is 3. The van der Waals surface area contributed by atoms with Crippen LogP contribution < -0.4 is 0 Å². The van der Waals surface area contributed by atoms with Crippen LogP contribution in [0.25, 0.3) is 11.3 Å². The standard InChI is InChI=1S/C17H12F3NO3/c18-17(19,20)13-7-5-11(6-8-13)15-9-14(24-21-15)10-23-16(22)12-3-1-2-4-12/h1-3,5-9H,4,10H2. The lowest BCUT2D eigenvalue weighted by molar-refractivity contribution is -0.141. The normalized spacial score (nSPS) is 13.9. The van der Waals surface area contributed by atoms with Crippen LogP contribution in [0.15, 0.2) is 58.7 Å². The van der Waals surface area contributed by atoms with Crippen molar-refractivity contribution in [2.45, 2.75) is 19.2 Å². The van der Waals surface area contributed by atoms with E-state index in [9.17, 15) is 18.0 Å². The third kappa shape index (κ3) is 3.56. The van der Waals surface area contributed by atoms with E-state index in [1.807, 2.05) is 6.08 Å². The van der Waals surface area contributed by atoms with E-state index < -0.39 is 17.7 Å². The molecule has 3 rings (SSSR count). The van der Waals surface area contributed by atoms with Gasteiger partial charge in [-0.2, -0.15) is 13.2 Å². The number of rotatable bonds is 4. The van der Waals surface area contributed by atoms with Crippen LogP contribution in [0.2, 0.25) is 0 Å². The van der Waals surface area contributed by atoms with E-state index in [2.05, 4.69) is 5.16 Å². The van der Waals surface area contributed by atoms with Gasteiger partial charge in [0.05, 0.1) is 5.56 Å². The SMILES string of the molecule is O=C(OCc1cc(-c2ccc(C(F)(F)F)cc2)no1)C1=CC=CC1. The van der Waals surface area contributed by atoms with Gasteiger partial charge in [-0.3, -0.25) is 0 Å². The van der Waals surface area contributed by atoms with Crippen molar-refractivity contribution in [3.05, 3.63) is 65.5 Å². The molecule has 0 aliphatic heterocycles. The van der Waals surface area contributed by atoms with Gasteiger partial charge in [0.1, 0.15) is 5.69 Å². The van der Waals surface area contributed by atoms with Crippen LogP contribution in [-0.4, -0.2) is 11.1 Å². The molecular formula is C17H12F3NO3. The Balaban J connectivity index is 1.64. The lowest BCUT2D eigenvalue weighted by atomic mass is 10.1. The van der Waals surface area contributed by atoms with Gasteiger partial charge in [-0.15, -0.1) is 0 Å². The maximum absolute atomic E-state index is 12.5. The molecule has 0 N–H and O–H groups in total. The van der Waals surface area contributed by atoms with Crippen molar-refractivity contribution in [1.82, 2.24) is 5.16 Å². The minimum absolute atomic E-state index is 0.0934. The maximum Gasteiger partial charge on any atom is 0.416 e. The molecule has 0 amide bonds. The summed E-state index contributed by atoms with van der Waals surface area (Å²) in [5, 5.41) is 3.78. The monoisotopic (exact) mass is 335 g/mol. The molecule has 0 radical (unpaired) electrons. The van der Waals surface area contributed by atoms with E-state index in [0.29, 0.717) is 29.0 Å². The second-order valence-corrected chi connectivity index (χ2v) is 5.15. The molecule has 0 saturated heterocycles. The molecule has 0 saturated carbocycles. The third-order valence-corrected chi connectivity index (χ3v) is 3.45. The summed E-state index contributed by atoms with van der Waals surface area (Å²) in [7, 11) is 0. The number of benzene rings is 1. The van der Waals surface area contributed by atoms with Crippen LogP contribution in [-0.2, 0) is 22.3 Å². The highest BCUT2D eigenvalue weighted by Crippen LogP contribution is 2.30. The quantitative estimate of drug-likeness (QED) is 0.782. The zero-order valence-corrected chi connectivity index (χ0v) is 12.3. The summed E-state index contributed by atoms with van der Waals surface area (Å²) < 4.78 is 47.8. The van der Waals surface area contributed by atoms with Gasteiger partial charge in [0.2, 0.25) is 0 Å². The molecule has 24 heavy (non-hydrogen) atoms. The molecule has 1 aliphatic carbocycles. The molecule has 1 heterocycles. The van der Waals surface area contributed by atoms with Crippen molar-refractivity contribution in [3.8, 4) is 11.3 Å². The number of carbonyl (C=O) groups excluding carboxylic acids is 1. The molecule has 1 aliphatic rings. The van der Waals surface area contributed by atoms with E-state index in [1.165, 1.54) is 18.2 Å². The van der Waals surface area contributed by atoms with E-state index >= 15 is 0 Å². The average Bonchev–Trinajstić information content (AvgIpc) is 3.23. The minimum atomic E-state index is -4.38. The van der Waals surface area contributed by atoms with Crippen molar-refractivity contribution in [2.75, 3.05) is 0 Å². The predicted molar refractivity (Wildman–Crippen MR) is 78.6 cm³/mol. The molecule has 124 valence electrons. The summed E-state index contributed by atoms with van der Waals surface area (Å²) >= 11 is 0. The highest BCUT2D eigenvalue weighted by atomic mass is 19.4. The maximum atomic E-state index is 12.5. The molecule has 1 aromatic heterocycles. The van der Waals surface area contributed by atoms with Crippen LogP contribution in [0.4, 0.5) is 13.2 Å². The lowest BCUT2D eigenvalue weighted by Gasteiger charge is -2.06. The topological polar surface area (TPSA) is 52.3 Å². The highest BCUT2D eigenvalue weighted by molar-refractivity contribution is 5.89. The molecule has 0 atom stereocenters. The largest absolute Gasteiger partial charge is 0.454 e. The van der Waals surface area contributed by atoms with Crippen molar-refractivity contribution in [1.29, 1.82) is 0 Å². The zero-order valence-electron chi connectivity index (χ0n) is 12.3. The van der Waals surface area contributed by atoms with Gasteiger partial charge in [0.15, 0.2) is 12.4 Å². The number of hydrogen-bond donors (Lipinski definition) is 0. The molecular weight excluding hydrogens is 323 g/mol. The smallest absolute Gasteiger partial charge is 0.416 e. The van der Waals surface area contributed by atoms with Crippen molar-refractivity contribution in [3.63, 3.8) is 0 Å². The molecule has 0 fully saturated rings. The Labute approximate surface area is 135 Å². The summed E-state index contributed by atoms with van der Waals surface area (Å²) in [5.41, 5.74) is 0.670. The fourth-order valence-electron chi connectivity index (χ4n) is 2.18. The van der Waals surface area contributed by atoms with E-state index in [-0.39, 0.29) is 6.61 Å². The van der Waals surface area contributed by atoms with Gasteiger partial charge < -0.3 is 9.26 Å². The first-order valence-electron chi connectivity index (χ1n) is 7.09. The van der Waals surface area contributed by atoms with Crippen LogP contribution in [0.1, 0.15) is 17.7 Å². The molecule has 0 unspecified atom stereocenters. The second kappa shape index (κ2) is 6.35. The second-order valence-electron chi connectivity index (χ2n) is 5.15. The number of aromatic nitrogens is 1. The Bertz CT molecular complexity index is 801. The first kappa shape index (κ1) is 16.0. The number of esters is 1. The van der Waals surface area contributed by atoms with Gasteiger partial charge in [-0.1, -0.05) is 35.5 Å². The number of halogens is 3. The summed E-state index contributed by atoms with van der Waals surface area (Å²) in [6.45, 7) is -0.0934. The van der Waals surface area contributed by atoms with E-state index in [1.54, 1.807) is 12.2 Å². The lowest BCUT2D eigenvalue weighted by Crippen LogP contribution is -2.06. The molecule has 7 heteroatoms. The first-order valence-corrected chi connectivity index (χ1v) is 7.09. The summed E-state index contributed by atoms with van der Waals surface area (Å²) in [5.74, 6) is -0.128. The number of hydrogen-bond acceptors (Lipinski definition) is 4. The fourth-order valence-corrected chi connectivity index (χ4v) is 2.18. The Kier molecular flexibility index (Phi) is 4.24. The molecule has 0 bridgehead atoms. The predicted octanol–water partition coefficient (Wildman–Crippen LogP) is 4.29. The molecule has 1 aromatic carbocycles. The number of ether oxygens (including phenoxy) is 1. The van der Waals surface area contributed by atoms with Gasteiger partial charge in [0.25, 0.3) is 0 Å². The number of carbonyl (C=O) groups is 1. The third-order valence-electron chi connectivity index (χ3n) is 3.45. The van der Waals surface area contributed by atoms with Crippen molar-refractivity contribution >= 4 is 5.97 Å².